The molecule has 1 rings (SSSR count). The van der Waals surface area contributed by atoms with E-state index in [4.69, 9.17) is 4.74 Å². The molecule has 0 saturated carbocycles. The second kappa shape index (κ2) is 12.5. The van der Waals surface area contributed by atoms with Gasteiger partial charge in [0.15, 0.2) is 0 Å². The van der Waals surface area contributed by atoms with Crippen LogP contribution < -0.4 is 0 Å². The highest BCUT2D eigenvalue weighted by Gasteiger charge is 2.05. The van der Waals surface area contributed by atoms with Crippen molar-refractivity contribution in [3.05, 3.63) is 35.4 Å². The zero-order chi connectivity index (χ0) is 16.9. The number of carbonyl (C=O) groups is 1. The number of hydrogen-bond donors (Lipinski definition) is 0. The van der Waals surface area contributed by atoms with Gasteiger partial charge < -0.3 is 9.64 Å². The molecule has 0 aliphatic rings. The van der Waals surface area contributed by atoms with Gasteiger partial charge in [0.25, 0.3) is 0 Å². The van der Waals surface area contributed by atoms with E-state index in [0.717, 1.165) is 43.4 Å². The third-order valence-corrected chi connectivity index (χ3v) is 4.36. The van der Waals surface area contributed by atoms with Crippen molar-refractivity contribution in [1.29, 1.82) is 0 Å². The smallest absolute Gasteiger partial charge is 0.226 e. The van der Waals surface area contributed by atoms with Crippen LogP contribution in [0, 0.1) is 0 Å². The minimum absolute atomic E-state index is 0.144. The van der Waals surface area contributed by atoms with Crippen molar-refractivity contribution in [3.8, 4) is 0 Å². The fourth-order valence-electron chi connectivity index (χ4n) is 2.27. The monoisotopic (exact) mass is 383 g/mol. The van der Waals surface area contributed by atoms with Crippen LogP contribution in [0.25, 0.3) is 0 Å². The van der Waals surface area contributed by atoms with E-state index in [1.165, 1.54) is 24.8 Å². The van der Waals surface area contributed by atoms with Gasteiger partial charge in [0.2, 0.25) is 5.91 Å². The highest BCUT2D eigenvalue weighted by atomic mass is 79.9. The number of nitrogens with zero attached hydrogens (tertiary/aromatic N) is 1. The van der Waals surface area contributed by atoms with Gasteiger partial charge in [-0.1, -0.05) is 46.6 Å². The van der Waals surface area contributed by atoms with Crippen molar-refractivity contribution < 1.29 is 9.53 Å². The van der Waals surface area contributed by atoms with E-state index < -0.39 is 0 Å². The second-order valence-corrected chi connectivity index (χ2v) is 6.89. The summed E-state index contributed by atoms with van der Waals surface area (Å²) in [6.07, 6.45) is 7.47. The highest BCUT2D eigenvalue weighted by molar-refractivity contribution is 9.09. The molecule has 0 bridgehead atoms. The molecule has 3 nitrogen and oxygen atoms in total. The minimum Gasteiger partial charge on any atom is -0.381 e. The Morgan fingerprint density at radius 3 is 2.17 bits per heavy atom. The fraction of sp³-hybridized carbons (Fsp3) is 0.632. The third-order valence-electron chi connectivity index (χ3n) is 3.80. The summed E-state index contributed by atoms with van der Waals surface area (Å²) in [7, 11) is 3.58. The Bertz CT molecular complexity index is 432. The molecule has 1 amide bonds. The Morgan fingerprint density at radius 1 is 0.957 bits per heavy atom. The van der Waals surface area contributed by atoms with E-state index in [1.54, 1.807) is 19.0 Å². The summed E-state index contributed by atoms with van der Waals surface area (Å²) in [6.45, 7) is 1.76. The molecular formula is C19H30BrNO2. The second-order valence-electron chi connectivity index (χ2n) is 6.10. The molecule has 23 heavy (non-hydrogen) atoms. The van der Waals surface area contributed by atoms with Gasteiger partial charge in [-0.2, -0.15) is 0 Å². The number of carbonyl (C=O) groups excluding carboxylic acids is 1. The van der Waals surface area contributed by atoms with E-state index in [0.29, 0.717) is 6.42 Å². The van der Waals surface area contributed by atoms with Crippen LogP contribution in [0.1, 0.15) is 43.2 Å². The number of aryl methyl sites for hydroxylation is 1. The van der Waals surface area contributed by atoms with Gasteiger partial charge in [0.1, 0.15) is 0 Å². The number of amides is 1. The number of halogens is 1. The lowest BCUT2D eigenvalue weighted by Crippen LogP contribution is -2.23. The Labute approximate surface area is 149 Å². The van der Waals surface area contributed by atoms with Gasteiger partial charge in [-0.15, -0.1) is 0 Å². The van der Waals surface area contributed by atoms with Gasteiger partial charge in [0, 0.05) is 32.6 Å². The van der Waals surface area contributed by atoms with E-state index in [2.05, 4.69) is 40.2 Å². The molecule has 1 aromatic carbocycles. The van der Waals surface area contributed by atoms with Crippen LogP contribution in [0.4, 0.5) is 0 Å². The van der Waals surface area contributed by atoms with Gasteiger partial charge in [-0.3, -0.25) is 4.79 Å². The summed E-state index contributed by atoms with van der Waals surface area (Å²) < 4.78 is 5.65. The molecule has 0 aliphatic heterocycles. The SMILES string of the molecule is CN(C)C(=O)Cc1ccc(CCCCOCCCCCBr)cc1. The molecule has 0 atom stereocenters. The van der Waals surface area contributed by atoms with E-state index >= 15 is 0 Å². The maximum absolute atomic E-state index is 11.7. The molecule has 0 spiro atoms. The van der Waals surface area contributed by atoms with Crippen molar-refractivity contribution >= 4 is 21.8 Å². The summed E-state index contributed by atoms with van der Waals surface area (Å²) in [5.41, 5.74) is 2.42. The van der Waals surface area contributed by atoms with Crippen LogP contribution >= 0.6 is 15.9 Å². The van der Waals surface area contributed by atoms with Gasteiger partial charge in [-0.05, 0) is 43.2 Å². The first-order valence-electron chi connectivity index (χ1n) is 8.55. The Hall–Kier alpha value is -0.870. The third kappa shape index (κ3) is 9.77. The normalized spacial score (nSPS) is 10.7. The average molecular weight is 384 g/mol. The summed E-state index contributed by atoms with van der Waals surface area (Å²) in [5.74, 6) is 0.144. The maximum Gasteiger partial charge on any atom is 0.226 e. The van der Waals surface area contributed by atoms with Crippen LogP contribution in [0.3, 0.4) is 0 Å². The maximum atomic E-state index is 11.7. The first kappa shape index (κ1) is 20.2. The summed E-state index contributed by atoms with van der Waals surface area (Å²) in [6, 6.07) is 8.41. The molecule has 0 aliphatic carbocycles. The van der Waals surface area contributed by atoms with Crippen LogP contribution in [-0.2, 0) is 22.4 Å². The quantitative estimate of drug-likeness (QED) is 0.399. The van der Waals surface area contributed by atoms with Gasteiger partial charge in [-0.25, -0.2) is 0 Å². The lowest BCUT2D eigenvalue weighted by molar-refractivity contribution is -0.127. The number of likely N-dealkylation sites (N-methyl/N-ethyl adjacent to an activating group) is 1. The minimum atomic E-state index is 0.144. The van der Waals surface area contributed by atoms with Crippen LogP contribution in [0.15, 0.2) is 24.3 Å². The number of rotatable bonds is 12. The Morgan fingerprint density at radius 2 is 1.57 bits per heavy atom. The number of hydrogen-bond acceptors (Lipinski definition) is 2. The first-order valence-corrected chi connectivity index (χ1v) is 9.67. The van der Waals surface area contributed by atoms with E-state index in [1.807, 2.05) is 0 Å². The molecule has 0 saturated heterocycles. The van der Waals surface area contributed by atoms with Crippen molar-refractivity contribution in [2.24, 2.45) is 0 Å². The number of unbranched alkanes of at least 4 members (excludes halogenated alkanes) is 3. The van der Waals surface area contributed by atoms with E-state index in [-0.39, 0.29) is 5.91 Å². The van der Waals surface area contributed by atoms with Crippen LogP contribution in [-0.4, -0.2) is 43.4 Å². The molecule has 130 valence electrons. The van der Waals surface area contributed by atoms with Crippen molar-refractivity contribution in [3.63, 3.8) is 0 Å². The van der Waals surface area contributed by atoms with Crippen molar-refractivity contribution in [2.75, 3.05) is 32.6 Å². The largest absolute Gasteiger partial charge is 0.381 e. The Kier molecular flexibility index (Phi) is 11.0. The van der Waals surface area contributed by atoms with Gasteiger partial charge >= 0.3 is 0 Å². The Balaban J connectivity index is 2.10. The molecule has 0 unspecified atom stereocenters. The average Bonchev–Trinajstić information content (AvgIpc) is 2.54. The molecule has 1 aromatic rings. The summed E-state index contributed by atoms with van der Waals surface area (Å²) in [4.78, 5) is 13.3. The molecule has 0 fully saturated rings. The number of alkyl halides is 1. The lowest BCUT2D eigenvalue weighted by atomic mass is 10.0. The van der Waals surface area contributed by atoms with Gasteiger partial charge in [0.05, 0.1) is 6.42 Å². The van der Waals surface area contributed by atoms with Crippen molar-refractivity contribution in [1.82, 2.24) is 4.90 Å². The summed E-state index contributed by atoms with van der Waals surface area (Å²) >= 11 is 3.44. The predicted molar refractivity (Wildman–Crippen MR) is 100 cm³/mol. The molecule has 4 heteroatoms. The molecule has 0 radical (unpaired) electrons. The number of benzene rings is 1. The first-order chi connectivity index (χ1) is 11.1. The van der Waals surface area contributed by atoms with Crippen LogP contribution in [0.5, 0.6) is 0 Å². The topological polar surface area (TPSA) is 29.5 Å². The molecule has 0 aromatic heterocycles. The molecule has 0 heterocycles. The standard InChI is InChI=1S/C19H30BrNO2/c1-21(2)19(22)16-18-11-9-17(10-12-18)8-4-7-15-23-14-6-3-5-13-20/h9-12H,3-8,13-16H2,1-2H3. The predicted octanol–water partition coefficient (Wildman–Crippen LogP) is 4.22. The fourth-order valence-corrected chi connectivity index (χ4v) is 2.66. The lowest BCUT2D eigenvalue weighted by Gasteiger charge is -2.10. The molecular weight excluding hydrogens is 354 g/mol. The van der Waals surface area contributed by atoms with E-state index in [9.17, 15) is 4.79 Å². The summed E-state index contributed by atoms with van der Waals surface area (Å²) in [5, 5.41) is 1.09. The zero-order valence-electron chi connectivity index (χ0n) is 14.5. The number of ether oxygens (including phenoxy) is 1. The highest BCUT2D eigenvalue weighted by Crippen LogP contribution is 2.09. The van der Waals surface area contributed by atoms with Crippen molar-refractivity contribution in [2.45, 2.75) is 44.9 Å². The molecule has 0 N–H and O–H groups in total. The van der Waals surface area contributed by atoms with Crippen LogP contribution in [0.2, 0.25) is 0 Å². The zero-order valence-corrected chi connectivity index (χ0v) is 16.1.